The van der Waals surface area contributed by atoms with E-state index in [9.17, 15) is 8.42 Å². The third-order valence-corrected chi connectivity index (χ3v) is 5.22. The largest absolute Gasteiger partial charge is 0.316 e. The highest BCUT2D eigenvalue weighted by Crippen LogP contribution is 2.07. The summed E-state index contributed by atoms with van der Waals surface area (Å²) >= 11 is 0. The van der Waals surface area contributed by atoms with Gasteiger partial charge in [-0.15, -0.1) is 0 Å². The van der Waals surface area contributed by atoms with E-state index in [1.54, 1.807) is 6.92 Å². The summed E-state index contributed by atoms with van der Waals surface area (Å²) in [6, 6.07) is 0. The first-order valence-corrected chi connectivity index (χ1v) is 8.52. The van der Waals surface area contributed by atoms with Gasteiger partial charge in [0.25, 0.3) is 0 Å². The zero-order valence-corrected chi connectivity index (χ0v) is 12.4. The molecule has 18 heavy (non-hydrogen) atoms. The summed E-state index contributed by atoms with van der Waals surface area (Å²) in [6.45, 7) is 8.59. The Morgan fingerprint density at radius 1 is 1.22 bits per heavy atom. The lowest BCUT2D eigenvalue weighted by atomic mass is 10.1. The highest BCUT2D eigenvalue weighted by molar-refractivity contribution is 7.90. The Hall–Kier alpha value is -0.170. The van der Waals surface area contributed by atoms with Gasteiger partial charge >= 0.3 is 0 Å². The first-order valence-electron chi connectivity index (χ1n) is 6.98. The van der Waals surface area contributed by atoms with Gasteiger partial charge < -0.3 is 10.2 Å². The van der Waals surface area contributed by atoms with Gasteiger partial charge in [-0.2, -0.15) is 0 Å². The van der Waals surface area contributed by atoms with Gasteiger partial charge in [0.2, 0.25) is 10.0 Å². The van der Waals surface area contributed by atoms with Crippen molar-refractivity contribution in [3.05, 3.63) is 0 Å². The van der Waals surface area contributed by atoms with Crippen LogP contribution in [0.1, 0.15) is 33.1 Å². The maximum atomic E-state index is 11.9. The Labute approximate surface area is 111 Å². The molecule has 0 amide bonds. The molecule has 0 radical (unpaired) electrons. The second kappa shape index (κ2) is 8.09. The van der Waals surface area contributed by atoms with E-state index in [4.69, 9.17) is 0 Å². The molecule has 2 N–H and O–H groups in total. The van der Waals surface area contributed by atoms with Gasteiger partial charge in [0.1, 0.15) is 0 Å². The van der Waals surface area contributed by atoms with Gasteiger partial charge in [-0.05, 0) is 39.4 Å². The van der Waals surface area contributed by atoms with E-state index in [1.807, 2.05) is 6.92 Å². The zero-order chi connectivity index (χ0) is 13.4. The van der Waals surface area contributed by atoms with E-state index in [0.717, 1.165) is 26.2 Å². The van der Waals surface area contributed by atoms with Gasteiger partial charge in [0, 0.05) is 19.6 Å². The van der Waals surface area contributed by atoms with Crippen molar-refractivity contribution in [3.63, 3.8) is 0 Å². The number of sulfonamides is 1. The van der Waals surface area contributed by atoms with Gasteiger partial charge in [-0.3, -0.25) is 0 Å². The van der Waals surface area contributed by atoms with Crippen LogP contribution in [0.3, 0.4) is 0 Å². The molecule has 0 spiro atoms. The van der Waals surface area contributed by atoms with Crippen molar-refractivity contribution in [2.75, 3.05) is 39.3 Å². The summed E-state index contributed by atoms with van der Waals surface area (Å²) in [5.41, 5.74) is 0. The van der Waals surface area contributed by atoms with E-state index < -0.39 is 10.0 Å². The van der Waals surface area contributed by atoms with Crippen molar-refractivity contribution in [3.8, 4) is 0 Å². The standard InChI is InChI=1S/C12H27N3O2S/c1-3-13-11-12(2)18(16,17)14-7-10-15-8-5-4-6-9-15/h12-14H,3-11H2,1-2H3. The fourth-order valence-electron chi connectivity index (χ4n) is 2.13. The molecule has 0 bridgehead atoms. The van der Waals surface area contributed by atoms with E-state index in [1.165, 1.54) is 19.3 Å². The summed E-state index contributed by atoms with van der Waals surface area (Å²) < 4.78 is 26.5. The van der Waals surface area contributed by atoms with Crippen LogP contribution in [0.2, 0.25) is 0 Å². The van der Waals surface area contributed by atoms with Crippen LogP contribution >= 0.6 is 0 Å². The molecule has 1 unspecified atom stereocenters. The highest BCUT2D eigenvalue weighted by atomic mass is 32.2. The van der Waals surface area contributed by atoms with Crippen LogP contribution < -0.4 is 10.0 Å². The third kappa shape index (κ3) is 5.65. The van der Waals surface area contributed by atoms with Crippen LogP contribution in [0.25, 0.3) is 0 Å². The molecule has 1 aliphatic heterocycles. The Morgan fingerprint density at radius 2 is 1.89 bits per heavy atom. The smallest absolute Gasteiger partial charge is 0.215 e. The molecular formula is C12H27N3O2S. The van der Waals surface area contributed by atoms with E-state index in [2.05, 4.69) is 14.9 Å². The molecule has 5 nitrogen and oxygen atoms in total. The average molecular weight is 277 g/mol. The van der Waals surface area contributed by atoms with Gasteiger partial charge in [-0.25, -0.2) is 13.1 Å². The molecule has 1 fully saturated rings. The number of likely N-dealkylation sites (tertiary alicyclic amines) is 1. The molecule has 0 aliphatic carbocycles. The fraction of sp³-hybridized carbons (Fsp3) is 1.00. The summed E-state index contributed by atoms with van der Waals surface area (Å²) in [5.74, 6) is 0. The Balaban J connectivity index is 2.23. The van der Waals surface area contributed by atoms with E-state index >= 15 is 0 Å². The summed E-state index contributed by atoms with van der Waals surface area (Å²) in [7, 11) is -3.17. The monoisotopic (exact) mass is 277 g/mol. The fourth-order valence-corrected chi connectivity index (χ4v) is 3.13. The molecular weight excluding hydrogens is 250 g/mol. The molecule has 0 saturated carbocycles. The Kier molecular flexibility index (Phi) is 7.14. The lowest BCUT2D eigenvalue weighted by Gasteiger charge is -2.26. The van der Waals surface area contributed by atoms with Crippen molar-refractivity contribution < 1.29 is 8.42 Å². The lowest BCUT2D eigenvalue weighted by molar-refractivity contribution is 0.232. The number of hydrogen-bond acceptors (Lipinski definition) is 4. The molecule has 1 heterocycles. The van der Waals surface area contributed by atoms with Crippen LogP contribution in [0.15, 0.2) is 0 Å². The zero-order valence-electron chi connectivity index (χ0n) is 11.6. The molecule has 1 atom stereocenters. The van der Waals surface area contributed by atoms with Gasteiger partial charge in [-0.1, -0.05) is 13.3 Å². The predicted molar refractivity (Wildman–Crippen MR) is 75.2 cm³/mol. The number of nitrogens with zero attached hydrogens (tertiary/aromatic N) is 1. The number of rotatable bonds is 8. The molecule has 0 aromatic rings. The van der Waals surface area contributed by atoms with Crippen LogP contribution in [0.4, 0.5) is 0 Å². The van der Waals surface area contributed by atoms with Crippen molar-refractivity contribution in [1.82, 2.24) is 14.9 Å². The molecule has 1 rings (SSSR count). The maximum absolute atomic E-state index is 11.9. The minimum atomic E-state index is -3.17. The minimum absolute atomic E-state index is 0.376. The van der Waals surface area contributed by atoms with E-state index in [0.29, 0.717) is 13.1 Å². The van der Waals surface area contributed by atoms with E-state index in [-0.39, 0.29) is 5.25 Å². The third-order valence-electron chi connectivity index (χ3n) is 3.39. The molecule has 108 valence electrons. The van der Waals surface area contributed by atoms with Crippen molar-refractivity contribution >= 4 is 10.0 Å². The summed E-state index contributed by atoms with van der Waals surface area (Å²) in [4.78, 5) is 2.33. The first-order chi connectivity index (χ1) is 8.56. The second-order valence-corrected chi connectivity index (χ2v) is 7.14. The van der Waals surface area contributed by atoms with Gasteiger partial charge in [0.15, 0.2) is 0 Å². The average Bonchev–Trinajstić information content (AvgIpc) is 2.37. The first kappa shape index (κ1) is 15.9. The highest BCUT2D eigenvalue weighted by Gasteiger charge is 2.19. The number of hydrogen-bond donors (Lipinski definition) is 2. The van der Waals surface area contributed by atoms with Crippen molar-refractivity contribution in [2.24, 2.45) is 0 Å². The summed E-state index contributed by atoms with van der Waals surface area (Å²) in [6.07, 6.45) is 3.79. The molecule has 1 saturated heterocycles. The predicted octanol–water partition coefficient (Wildman–Crippen LogP) is 0.390. The van der Waals surface area contributed by atoms with Crippen LogP contribution in [0, 0.1) is 0 Å². The van der Waals surface area contributed by atoms with Gasteiger partial charge in [0.05, 0.1) is 5.25 Å². The Morgan fingerprint density at radius 3 is 2.50 bits per heavy atom. The molecule has 6 heteroatoms. The molecule has 0 aromatic carbocycles. The topological polar surface area (TPSA) is 61.4 Å². The van der Waals surface area contributed by atoms with Crippen LogP contribution in [-0.4, -0.2) is 57.8 Å². The number of piperidine rings is 1. The van der Waals surface area contributed by atoms with Crippen molar-refractivity contribution in [1.29, 1.82) is 0 Å². The number of nitrogens with one attached hydrogen (secondary N) is 2. The SMILES string of the molecule is CCNCC(C)S(=O)(=O)NCCN1CCCCC1. The van der Waals surface area contributed by atoms with Crippen molar-refractivity contribution in [2.45, 2.75) is 38.4 Å². The second-order valence-electron chi connectivity index (χ2n) is 4.96. The lowest BCUT2D eigenvalue weighted by Crippen LogP contribution is -2.42. The van der Waals surface area contributed by atoms with Crippen LogP contribution in [0.5, 0.6) is 0 Å². The summed E-state index contributed by atoms with van der Waals surface area (Å²) in [5, 5.41) is 2.69. The van der Waals surface area contributed by atoms with Crippen LogP contribution in [-0.2, 0) is 10.0 Å². The minimum Gasteiger partial charge on any atom is -0.316 e. The quantitative estimate of drug-likeness (QED) is 0.674. The maximum Gasteiger partial charge on any atom is 0.215 e. The molecule has 1 aliphatic rings. The molecule has 0 aromatic heterocycles. The normalized spacial score (nSPS) is 19.9. The Bertz CT molecular complexity index is 313.